The van der Waals surface area contributed by atoms with Crippen molar-refractivity contribution < 1.29 is 13.9 Å². The minimum Gasteiger partial charge on any atom is -0.436 e. The van der Waals surface area contributed by atoms with E-state index in [9.17, 15) is 4.79 Å². The van der Waals surface area contributed by atoms with Gasteiger partial charge >= 0.3 is 5.97 Å². The second-order valence-electron chi connectivity index (χ2n) is 6.88. The van der Waals surface area contributed by atoms with Crippen molar-refractivity contribution in [3.8, 4) is 0 Å². The van der Waals surface area contributed by atoms with Crippen LogP contribution in [0.2, 0.25) is 0 Å². The molecule has 0 spiro atoms. The van der Waals surface area contributed by atoms with Crippen molar-refractivity contribution in [1.82, 2.24) is 4.98 Å². The molecule has 3 aromatic carbocycles. The second kappa shape index (κ2) is 7.33. The summed E-state index contributed by atoms with van der Waals surface area (Å²) in [4.78, 5) is 17.3. The number of oxazole rings is 1. The highest BCUT2D eigenvalue weighted by Gasteiger charge is 2.35. The van der Waals surface area contributed by atoms with Gasteiger partial charge in [-0.2, -0.15) is 0 Å². The Bertz CT molecular complexity index is 1210. The number of carbonyl (C=O) groups is 1. The third-order valence-electron chi connectivity index (χ3n) is 4.99. The van der Waals surface area contributed by atoms with E-state index in [-0.39, 0.29) is 18.3 Å². The van der Waals surface area contributed by atoms with Crippen LogP contribution in [0.25, 0.3) is 22.4 Å². The highest BCUT2D eigenvalue weighted by atomic mass is 79.9. The van der Waals surface area contributed by atoms with Crippen molar-refractivity contribution in [1.29, 1.82) is 0 Å². The number of halogens is 1. The Kier molecular flexibility index (Phi) is 4.52. The lowest BCUT2D eigenvalue weighted by Gasteiger charge is -2.26. The van der Waals surface area contributed by atoms with Gasteiger partial charge in [-0.1, -0.05) is 70.5 Å². The maximum absolute atomic E-state index is 12.5. The molecule has 4 nitrogen and oxygen atoms in total. The number of cyclic esters (lactones) is 1. The molecule has 0 N–H and O–H groups in total. The minimum atomic E-state index is -0.270. The summed E-state index contributed by atoms with van der Waals surface area (Å²) in [5, 5.41) is 0. The molecule has 5 rings (SSSR count). The van der Waals surface area contributed by atoms with Crippen LogP contribution in [0.4, 0.5) is 0 Å². The molecule has 1 aliphatic heterocycles. The van der Waals surface area contributed by atoms with Crippen LogP contribution in [0.15, 0.2) is 87.8 Å². The van der Waals surface area contributed by atoms with E-state index in [0.29, 0.717) is 17.2 Å². The molecule has 0 amide bonds. The summed E-state index contributed by atoms with van der Waals surface area (Å²) in [7, 11) is 0. The summed E-state index contributed by atoms with van der Waals surface area (Å²) in [6.07, 6.45) is 0.223. The molecule has 5 heteroatoms. The first kappa shape index (κ1) is 17.9. The molecule has 4 aromatic rings. The smallest absolute Gasteiger partial charge is 0.312 e. The van der Waals surface area contributed by atoms with Crippen LogP contribution in [-0.2, 0) is 9.53 Å². The average Bonchev–Trinajstić information content (AvgIpc) is 3.17. The number of aromatic nitrogens is 1. The average molecular weight is 446 g/mol. The Morgan fingerprint density at radius 2 is 1.72 bits per heavy atom. The highest BCUT2D eigenvalue weighted by Crippen LogP contribution is 2.45. The molecule has 142 valence electrons. The lowest BCUT2D eigenvalue weighted by molar-refractivity contribution is -0.137. The summed E-state index contributed by atoms with van der Waals surface area (Å²) in [5.41, 5.74) is 4.07. The van der Waals surface area contributed by atoms with Gasteiger partial charge in [-0.05, 0) is 29.8 Å². The summed E-state index contributed by atoms with van der Waals surface area (Å²) in [5.74, 6) is 0.478. The first-order valence-corrected chi connectivity index (χ1v) is 10.1. The minimum absolute atomic E-state index is 0.223. The van der Waals surface area contributed by atoms with Crippen LogP contribution >= 0.6 is 15.9 Å². The number of hydrogen-bond donors (Lipinski definition) is 0. The third kappa shape index (κ3) is 3.38. The quantitative estimate of drug-likeness (QED) is 0.352. The number of rotatable bonds is 3. The monoisotopic (exact) mass is 445 g/mol. The molecule has 1 unspecified atom stereocenters. The third-order valence-corrected chi connectivity index (χ3v) is 5.48. The fourth-order valence-corrected chi connectivity index (χ4v) is 4.10. The lowest BCUT2D eigenvalue weighted by Crippen LogP contribution is -2.19. The van der Waals surface area contributed by atoms with Crippen molar-refractivity contribution in [2.75, 3.05) is 0 Å². The number of carbonyl (C=O) groups excluding carboxylic acids is 1. The fourth-order valence-electron chi connectivity index (χ4n) is 3.68. The van der Waals surface area contributed by atoms with Crippen molar-refractivity contribution in [2.24, 2.45) is 0 Å². The number of hydrogen-bond acceptors (Lipinski definition) is 4. The lowest BCUT2D eigenvalue weighted by atomic mass is 9.84. The van der Waals surface area contributed by atoms with Gasteiger partial charge in [0.2, 0.25) is 5.89 Å². The van der Waals surface area contributed by atoms with E-state index < -0.39 is 0 Å². The van der Waals surface area contributed by atoms with Gasteiger partial charge in [-0.25, -0.2) is 4.98 Å². The standard InChI is InChI=1S/C24H16BrNO3/c25-17-10-6-9-16(13-17)18-14-21(27)29-23(15-7-2-1-3-8-15)22(18)24-26-19-11-4-5-12-20(19)28-24/h1-13,18H,14H2. The van der Waals surface area contributed by atoms with Crippen molar-refractivity contribution in [3.05, 3.63) is 100 Å². The topological polar surface area (TPSA) is 52.3 Å². The van der Waals surface area contributed by atoms with Crippen LogP contribution in [0.1, 0.15) is 29.4 Å². The summed E-state index contributed by atoms with van der Waals surface area (Å²) in [6.45, 7) is 0. The highest BCUT2D eigenvalue weighted by molar-refractivity contribution is 9.10. The first-order valence-electron chi connectivity index (χ1n) is 9.31. The molecule has 0 saturated heterocycles. The molecule has 1 atom stereocenters. The van der Waals surface area contributed by atoms with E-state index in [1.54, 1.807) is 0 Å². The van der Waals surface area contributed by atoms with Crippen LogP contribution < -0.4 is 0 Å². The SMILES string of the molecule is O=C1CC(c2cccc(Br)c2)C(c2nc3ccccc3o2)=C(c2ccccc2)O1. The van der Waals surface area contributed by atoms with Gasteiger partial charge in [0.25, 0.3) is 0 Å². The molecule has 1 aliphatic rings. The number of esters is 1. The maximum atomic E-state index is 12.5. The summed E-state index contributed by atoms with van der Waals surface area (Å²) >= 11 is 3.54. The fraction of sp³-hybridized carbons (Fsp3) is 0.0833. The van der Waals surface area contributed by atoms with Gasteiger partial charge in [0, 0.05) is 16.0 Å². The van der Waals surface area contributed by atoms with E-state index in [2.05, 4.69) is 15.9 Å². The Labute approximate surface area is 176 Å². The Hall–Kier alpha value is -3.18. The van der Waals surface area contributed by atoms with E-state index in [1.807, 2.05) is 78.9 Å². The predicted molar refractivity (Wildman–Crippen MR) is 115 cm³/mol. The summed E-state index contributed by atoms with van der Waals surface area (Å²) < 4.78 is 12.8. The van der Waals surface area contributed by atoms with Crippen LogP contribution in [0.3, 0.4) is 0 Å². The molecule has 0 aliphatic carbocycles. The Morgan fingerprint density at radius 3 is 2.52 bits per heavy atom. The number of benzene rings is 3. The number of allylic oxidation sites excluding steroid dienone is 1. The Balaban J connectivity index is 1.78. The van der Waals surface area contributed by atoms with E-state index in [0.717, 1.165) is 26.7 Å². The summed E-state index contributed by atoms with van der Waals surface area (Å²) in [6, 6.07) is 25.2. The number of nitrogens with zero attached hydrogens (tertiary/aromatic N) is 1. The van der Waals surface area contributed by atoms with Crippen LogP contribution in [0.5, 0.6) is 0 Å². The molecule has 0 fully saturated rings. The van der Waals surface area contributed by atoms with Gasteiger partial charge in [0.15, 0.2) is 5.58 Å². The molecule has 1 aromatic heterocycles. The molecule has 0 bridgehead atoms. The molecule has 2 heterocycles. The van der Waals surface area contributed by atoms with Gasteiger partial charge in [0.05, 0.1) is 12.0 Å². The predicted octanol–water partition coefficient (Wildman–Crippen LogP) is 6.19. The van der Waals surface area contributed by atoms with Gasteiger partial charge in [-0.3, -0.25) is 4.79 Å². The van der Waals surface area contributed by atoms with Gasteiger partial charge in [0.1, 0.15) is 11.3 Å². The Morgan fingerprint density at radius 1 is 0.931 bits per heavy atom. The maximum Gasteiger partial charge on any atom is 0.312 e. The molecule has 0 radical (unpaired) electrons. The van der Waals surface area contributed by atoms with Crippen molar-refractivity contribution in [2.45, 2.75) is 12.3 Å². The zero-order valence-corrected chi connectivity index (χ0v) is 16.9. The molecule has 29 heavy (non-hydrogen) atoms. The van der Waals surface area contributed by atoms with Crippen molar-refractivity contribution in [3.63, 3.8) is 0 Å². The van der Waals surface area contributed by atoms with E-state index >= 15 is 0 Å². The largest absolute Gasteiger partial charge is 0.436 e. The zero-order valence-electron chi connectivity index (χ0n) is 15.3. The molecular formula is C24H16BrNO3. The van der Waals surface area contributed by atoms with Gasteiger partial charge < -0.3 is 9.15 Å². The molecule has 0 saturated carbocycles. The van der Waals surface area contributed by atoms with Gasteiger partial charge in [-0.15, -0.1) is 0 Å². The first-order chi connectivity index (χ1) is 14.2. The number of para-hydroxylation sites is 2. The van der Waals surface area contributed by atoms with Crippen LogP contribution in [-0.4, -0.2) is 11.0 Å². The van der Waals surface area contributed by atoms with Crippen molar-refractivity contribution >= 4 is 44.3 Å². The normalized spacial score (nSPS) is 16.9. The van der Waals surface area contributed by atoms with E-state index in [4.69, 9.17) is 14.1 Å². The number of ether oxygens (including phenoxy) is 1. The van der Waals surface area contributed by atoms with E-state index in [1.165, 1.54) is 0 Å². The molecular weight excluding hydrogens is 430 g/mol. The number of fused-ring (bicyclic) bond motifs is 1. The second-order valence-corrected chi connectivity index (χ2v) is 7.80. The zero-order chi connectivity index (χ0) is 19.8. The van der Waals surface area contributed by atoms with Crippen LogP contribution in [0, 0.1) is 0 Å².